The van der Waals surface area contributed by atoms with Gasteiger partial charge in [-0.2, -0.15) is 15.0 Å². The van der Waals surface area contributed by atoms with Crippen LogP contribution in [0, 0.1) is 0 Å². The molecule has 1 spiro atoms. The van der Waals surface area contributed by atoms with E-state index in [9.17, 15) is 0 Å². The van der Waals surface area contributed by atoms with Gasteiger partial charge < -0.3 is 0 Å². The van der Waals surface area contributed by atoms with Crippen molar-refractivity contribution in [2.75, 3.05) is 0 Å². The lowest BCUT2D eigenvalue weighted by Crippen LogP contribution is -2.25. The van der Waals surface area contributed by atoms with Crippen LogP contribution in [-0.4, -0.2) is 24.1 Å². The van der Waals surface area contributed by atoms with Gasteiger partial charge in [0.25, 0.3) is 0 Å². The lowest BCUT2D eigenvalue weighted by molar-refractivity contribution is 0.794. The van der Waals surface area contributed by atoms with Crippen LogP contribution >= 0.6 is 0 Å². The second kappa shape index (κ2) is 12.8. The molecule has 0 unspecified atom stereocenters. The van der Waals surface area contributed by atoms with E-state index >= 15 is 0 Å². The molecule has 0 N–H and O–H groups in total. The molecule has 14 rings (SSSR count). The van der Waals surface area contributed by atoms with Crippen molar-refractivity contribution in [3.63, 3.8) is 0 Å². The largest absolute Gasteiger partial charge is 0.278 e. The Kier molecular flexibility index (Phi) is 6.97. The van der Waals surface area contributed by atoms with Crippen LogP contribution in [-0.2, 0) is 5.41 Å². The number of benzene rings is 9. The summed E-state index contributed by atoms with van der Waals surface area (Å²) in [6.07, 6.45) is 0. The van der Waals surface area contributed by atoms with Crippen molar-refractivity contribution in [3.05, 3.63) is 235 Å². The molecular weight excluding hydrogens is 767 g/mol. The zero-order chi connectivity index (χ0) is 41.2. The maximum Gasteiger partial charge on any atom is 0.240 e. The van der Waals surface area contributed by atoms with Gasteiger partial charge in [0, 0.05) is 27.1 Å². The van der Waals surface area contributed by atoms with Crippen molar-refractivity contribution in [2.45, 2.75) is 5.41 Å². The molecule has 9 aromatic carbocycles. The first kappa shape index (κ1) is 34.3. The molecule has 0 amide bonds. The van der Waals surface area contributed by atoms with Crippen LogP contribution in [0.4, 0.5) is 0 Å². The number of hydrogen-bond donors (Lipinski definition) is 0. The number of hydrogen-bond acceptors (Lipinski definition) is 3. The highest BCUT2D eigenvalue weighted by Crippen LogP contribution is 2.63. The van der Waals surface area contributed by atoms with Crippen LogP contribution in [0.2, 0.25) is 0 Å². The number of fused-ring (bicyclic) bond motifs is 16. The molecule has 0 saturated carbocycles. The monoisotopic (exact) mass is 801 g/mol. The molecule has 12 aromatic rings. The van der Waals surface area contributed by atoms with Gasteiger partial charge >= 0.3 is 0 Å². The molecule has 5 heteroatoms. The Morgan fingerprint density at radius 2 is 0.746 bits per heavy atom. The third kappa shape index (κ3) is 4.63. The average Bonchev–Trinajstić information content (AvgIpc) is 4.05. The highest BCUT2D eigenvalue weighted by atomic mass is 15.3. The standard InChI is InChI=1S/C58H35N5/c1-3-17-36(18-4-1)38-31-32-53-45(33-38)42-24-10-15-29-51(42)62(53)56-59-55(37-19-5-2-6-20-37)60-57(61-56)63-52-30-16-11-25-43(52)46-34-44-41-23-9-14-28-49(41)58(50(44)35-54(46)63)47-26-12-7-21-39(47)40-22-8-13-27-48(40)58/h1-35H. The summed E-state index contributed by atoms with van der Waals surface area (Å²) in [5.74, 6) is 1.73. The van der Waals surface area contributed by atoms with Gasteiger partial charge in [-0.1, -0.05) is 176 Å². The molecule has 0 fully saturated rings. The summed E-state index contributed by atoms with van der Waals surface area (Å²) in [5.41, 5.74) is 17.2. The van der Waals surface area contributed by atoms with Crippen LogP contribution in [0.3, 0.4) is 0 Å². The molecule has 0 bridgehead atoms. The first-order valence-corrected chi connectivity index (χ1v) is 21.5. The fourth-order valence-electron chi connectivity index (χ4n) is 11.0. The van der Waals surface area contributed by atoms with E-state index in [0.717, 1.165) is 54.7 Å². The predicted molar refractivity (Wildman–Crippen MR) is 256 cm³/mol. The zero-order valence-electron chi connectivity index (χ0n) is 33.9. The first-order valence-electron chi connectivity index (χ1n) is 21.5. The lowest BCUT2D eigenvalue weighted by Gasteiger charge is -2.30. The van der Waals surface area contributed by atoms with Gasteiger partial charge in [0.15, 0.2) is 5.82 Å². The Labute approximate surface area is 362 Å². The second-order valence-corrected chi connectivity index (χ2v) is 16.7. The predicted octanol–water partition coefficient (Wildman–Crippen LogP) is 13.7. The van der Waals surface area contributed by atoms with Crippen molar-refractivity contribution in [3.8, 4) is 56.7 Å². The van der Waals surface area contributed by atoms with Crippen LogP contribution in [0.1, 0.15) is 22.3 Å². The topological polar surface area (TPSA) is 48.5 Å². The quantitative estimate of drug-likeness (QED) is 0.178. The third-order valence-corrected chi connectivity index (χ3v) is 13.6. The van der Waals surface area contributed by atoms with E-state index in [2.05, 4.69) is 203 Å². The SMILES string of the molecule is c1ccc(-c2ccc3c(c2)c2ccccc2n3-c2nc(-c3ccccc3)nc(-n3c4ccccc4c4cc5c(cc43)C3(c4ccccc4-c4ccccc43)c3ccccc3-5)n2)cc1. The Morgan fingerprint density at radius 3 is 1.35 bits per heavy atom. The van der Waals surface area contributed by atoms with Crippen LogP contribution < -0.4 is 0 Å². The van der Waals surface area contributed by atoms with Gasteiger partial charge in [-0.05, 0) is 92.0 Å². The van der Waals surface area contributed by atoms with E-state index in [0.29, 0.717) is 17.7 Å². The Hall–Kier alpha value is -8.41. The summed E-state index contributed by atoms with van der Waals surface area (Å²) in [7, 11) is 0. The molecular formula is C58H35N5. The van der Waals surface area contributed by atoms with Gasteiger partial charge in [0.2, 0.25) is 11.9 Å². The minimum Gasteiger partial charge on any atom is -0.278 e. The number of para-hydroxylation sites is 2. The van der Waals surface area contributed by atoms with Crippen molar-refractivity contribution in [1.29, 1.82) is 0 Å². The van der Waals surface area contributed by atoms with Crippen molar-refractivity contribution >= 4 is 43.6 Å². The number of rotatable bonds is 4. The minimum atomic E-state index is -0.490. The molecule has 0 atom stereocenters. The molecule has 3 heterocycles. The van der Waals surface area contributed by atoms with Crippen molar-refractivity contribution in [1.82, 2.24) is 24.1 Å². The highest BCUT2D eigenvalue weighted by molar-refractivity contribution is 6.13. The summed E-state index contributed by atoms with van der Waals surface area (Å²) < 4.78 is 4.48. The molecule has 2 aliphatic rings. The van der Waals surface area contributed by atoms with E-state index in [1.54, 1.807) is 0 Å². The van der Waals surface area contributed by atoms with Crippen LogP contribution in [0.15, 0.2) is 212 Å². The zero-order valence-corrected chi connectivity index (χ0v) is 33.9. The van der Waals surface area contributed by atoms with E-state index in [-0.39, 0.29) is 0 Å². The molecule has 2 aliphatic carbocycles. The van der Waals surface area contributed by atoms with E-state index in [1.165, 1.54) is 50.1 Å². The van der Waals surface area contributed by atoms with Gasteiger partial charge in [0.05, 0.1) is 27.5 Å². The molecule has 0 radical (unpaired) electrons. The minimum absolute atomic E-state index is 0.490. The molecule has 0 aliphatic heterocycles. The fraction of sp³-hybridized carbons (Fsp3) is 0.0172. The summed E-state index contributed by atoms with van der Waals surface area (Å²) in [6.45, 7) is 0. The molecule has 5 nitrogen and oxygen atoms in total. The average molecular weight is 802 g/mol. The second-order valence-electron chi connectivity index (χ2n) is 16.7. The summed E-state index contributed by atoms with van der Waals surface area (Å²) in [4.78, 5) is 16.2. The number of aromatic nitrogens is 5. The lowest BCUT2D eigenvalue weighted by atomic mass is 9.70. The fourth-order valence-corrected chi connectivity index (χ4v) is 11.0. The summed E-state index contributed by atoms with van der Waals surface area (Å²) in [6, 6.07) is 76.6. The normalized spacial score (nSPS) is 13.2. The van der Waals surface area contributed by atoms with Crippen molar-refractivity contribution in [2.24, 2.45) is 0 Å². The van der Waals surface area contributed by atoms with Crippen LogP contribution in [0.5, 0.6) is 0 Å². The molecule has 292 valence electrons. The van der Waals surface area contributed by atoms with Gasteiger partial charge in [-0.3, -0.25) is 9.13 Å². The van der Waals surface area contributed by atoms with E-state index in [1.807, 2.05) is 18.2 Å². The Balaban J connectivity index is 1.08. The number of nitrogens with zero attached hydrogens (tertiary/aromatic N) is 5. The van der Waals surface area contributed by atoms with Crippen molar-refractivity contribution < 1.29 is 0 Å². The van der Waals surface area contributed by atoms with Gasteiger partial charge in [0.1, 0.15) is 0 Å². The van der Waals surface area contributed by atoms with Gasteiger partial charge in [-0.15, -0.1) is 0 Å². The molecule has 3 aromatic heterocycles. The van der Waals surface area contributed by atoms with Gasteiger partial charge in [-0.25, -0.2) is 0 Å². The van der Waals surface area contributed by atoms with Crippen LogP contribution in [0.25, 0.3) is 100 Å². The maximum atomic E-state index is 5.52. The maximum absolute atomic E-state index is 5.52. The first-order chi connectivity index (χ1) is 31.3. The Bertz CT molecular complexity index is 3810. The third-order valence-electron chi connectivity index (χ3n) is 13.6. The summed E-state index contributed by atoms with van der Waals surface area (Å²) in [5, 5.41) is 4.59. The highest BCUT2D eigenvalue weighted by Gasteiger charge is 2.51. The molecule has 63 heavy (non-hydrogen) atoms. The van der Waals surface area contributed by atoms with E-state index < -0.39 is 5.41 Å². The smallest absolute Gasteiger partial charge is 0.240 e. The summed E-state index contributed by atoms with van der Waals surface area (Å²) >= 11 is 0. The van der Waals surface area contributed by atoms with E-state index in [4.69, 9.17) is 15.0 Å². The molecule has 0 saturated heterocycles. The Morgan fingerprint density at radius 1 is 0.286 bits per heavy atom.